The Bertz CT molecular complexity index is 1400. The third-order valence-corrected chi connectivity index (χ3v) is 10.7. The molecule has 0 aromatic heterocycles. The van der Waals surface area contributed by atoms with E-state index in [1.165, 1.54) is 29.5 Å². The highest BCUT2D eigenvalue weighted by Gasteiger charge is 2.73. The zero-order valence-corrected chi connectivity index (χ0v) is 25.6. The van der Waals surface area contributed by atoms with Crippen LogP contribution in [-0.2, 0) is 16.6 Å². The van der Waals surface area contributed by atoms with Crippen molar-refractivity contribution in [3.63, 3.8) is 0 Å². The van der Waals surface area contributed by atoms with Crippen LogP contribution in [0, 0.1) is 18.8 Å². The summed E-state index contributed by atoms with van der Waals surface area (Å²) in [4.78, 5) is 18.7. The molecule has 224 valence electrons. The minimum atomic E-state index is -0.894. The third kappa shape index (κ3) is 4.31. The molecule has 2 aliphatic heterocycles. The summed E-state index contributed by atoms with van der Waals surface area (Å²) >= 11 is 0. The van der Waals surface area contributed by atoms with Gasteiger partial charge in [-0.1, -0.05) is 49.7 Å². The van der Waals surface area contributed by atoms with Gasteiger partial charge in [-0.05, 0) is 94.0 Å². The Morgan fingerprint density at radius 2 is 2.05 bits per heavy atom. The molecule has 1 N–H and O–H groups in total. The fourth-order valence-electron chi connectivity index (χ4n) is 8.85. The Balaban J connectivity index is 1.30. The lowest BCUT2D eigenvalue weighted by molar-refractivity contribution is -0.201. The van der Waals surface area contributed by atoms with Crippen molar-refractivity contribution in [2.45, 2.75) is 95.4 Å². The van der Waals surface area contributed by atoms with Crippen molar-refractivity contribution in [3.8, 4) is 11.5 Å². The van der Waals surface area contributed by atoms with Gasteiger partial charge in [0.05, 0.1) is 23.7 Å². The number of hydrogen-bond donors (Lipinski definition) is 1. The lowest BCUT2D eigenvalue weighted by Gasteiger charge is -2.65. The molecule has 7 rings (SSSR count). The number of hydrogen-bond acceptors (Lipinski definition) is 5. The van der Waals surface area contributed by atoms with Crippen molar-refractivity contribution in [1.29, 1.82) is 0 Å². The molecule has 2 bridgehead atoms. The molecule has 2 heterocycles. The topological polar surface area (TPSA) is 62.2 Å². The Labute approximate surface area is 250 Å². The first-order valence-corrected chi connectivity index (χ1v) is 16.2. The first-order chi connectivity index (χ1) is 20.2. The van der Waals surface area contributed by atoms with E-state index in [1.54, 1.807) is 6.08 Å². The van der Waals surface area contributed by atoms with Crippen LogP contribution in [0.3, 0.4) is 0 Å². The number of aryl methyl sites for hydroxylation is 1. The molecule has 2 saturated carbocycles. The van der Waals surface area contributed by atoms with E-state index in [9.17, 15) is 9.90 Å². The van der Waals surface area contributed by atoms with Crippen LogP contribution in [0.5, 0.6) is 11.5 Å². The summed E-state index contributed by atoms with van der Waals surface area (Å²) in [5.41, 5.74) is 3.21. The molecule has 3 aliphatic carbocycles. The van der Waals surface area contributed by atoms with E-state index in [0.29, 0.717) is 25.5 Å². The Kier molecular flexibility index (Phi) is 6.93. The van der Waals surface area contributed by atoms with Crippen LogP contribution >= 0.6 is 0 Å². The van der Waals surface area contributed by atoms with Gasteiger partial charge in [-0.3, -0.25) is 9.69 Å². The van der Waals surface area contributed by atoms with Gasteiger partial charge in [0.25, 0.3) is 0 Å². The summed E-state index contributed by atoms with van der Waals surface area (Å²) in [6.07, 6.45) is 9.04. The number of aliphatic hydroxyl groups is 1. The van der Waals surface area contributed by atoms with E-state index in [0.717, 1.165) is 55.3 Å². The van der Waals surface area contributed by atoms with Crippen molar-refractivity contribution in [3.05, 3.63) is 64.7 Å². The highest BCUT2D eigenvalue weighted by Crippen LogP contribution is 2.66. The minimum Gasteiger partial charge on any atom is -0.490 e. The molecular weight excluding hydrogens is 524 g/mol. The van der Waals surface area contributed by atoms with Gasteiger partial charge in [-0.25, -0.2) is 0 Å². The van der Waals surface area contributed by atoms with Gasteiger partial charge in [0, 0.05) is 30.8 Å². The van der Waals surface area contributed by atoms with Crippen LogP contribution in [0.1, 0.15) is 75.1 Å². The molecule has 1 spiro atoms. The van der Waals surface area contributed by atoms with Crippen molar-refractivity contribution >= 4 is 12.0 Å². The maximum atomic E-state index is 14.0. The third-order valence-electron chi connectivity index (χ3n) is 10.7. The maximum absolute atomic E-state index is 14.0. The highest BCUT2D eigenvalue weighted by atomic mass is 16.5. The zero-order valence-electron chi connectivity index (χ0n) is 25.6. The van der Waals surface area contributed by atoms with E-state index < -0.39 is 11.0 Å². The highest BCUT2D eigenvalue weighted by molar-refractivity contribution is 5.92. The van der Waals surface area contributed by atoms with E-state index in [1.807, 2.05) is 25.1 Å². The molecule has 5 aliphatic rings. The van der Waals surface area contributed by atoms with Crippen LogP contribution in [0.25, 0.3) is 6.08 Å². The first-order valence-electron chi connectivity index (χ1n) is 16.2. The van der Waals surface area contributed by atoms with E-state index in [-0.39, 0.29) is 24.1 Å². The lowest BCUT2D eigenvalue weighted by Crippen LogP contribution is -2.78. The summed E-state index contributed by atoms with van der Waals surface area (Å²) in [6, 6.07) is 12.5. The molecule has 2 aromatic carbocycles. The van der Waals surface area contributed by atoms with E-state index >= 15 is 0 Å². The number of carbonyl (C=O) groups excluding carboxylic acids is 1. The predicted octanol–water partition coefficient (Wildman–Crippen LogP) is 5.52. The van der Waals surface area contributed by atoms with Crippen LogP contribution < -0.4 is 9.47 Å². The Morgan fingerprint density at radius 3 is 2.79 bits per heavy atom. The Hall–Kier alpha value is -2.83. The number of carbonyl (C=O) groups is 1. The average molecular weight is 571 g/mol. The molecule has 2 aromatic rings. The van der Waals surface area contributed by atoms with Gasteiger partial charge in [0.2, 0.25) is 5.91 Å². The summed E-state index contributed by atoms with van der Waals surface area (Å²) in [5, 5.41) is 13.0. The average Bonchev–Trinajstić information content (AvgIpc) is 3.70. The number of nitrogens with zero attached hydrogens (tertiary/aromatic N) is 2. The summed E-state index contributed by atoms with van der Waals surface area (Å²) < 4.78 is 13.2. The minimum absolute atomic E-state index is 0.0142. The van der Waals surface area contributed by atoms with Gasteiger partial charge in [-0.2, -0.15) is 0 Å². The first kappa shape index (κ1) is 28.0. The maximum Gasteiger partial charge on any atom is 0.246 e. The molecule has 5 atom stereocenters. The molecule has 6 heteroatoms. The van der Waals surface area contributed by atoms with Crippen LogP contribution in [-0.4, -0.2) is 70.8 Å². The number of rotatable bonds is 9. The van der Waals surface area contributed by atoms with E-state index in [4.69, 9.17) is 9.47 Å². The number of likely N-dealkylation sites (tertiary alicyclic amines) is 1. The smallest absolute Gasteiger partial charge is 0.246 e. The molecule has 6 nitrogen and oxygen atoms in total. The molecule has 42 heavy (non-hydrogen) atoms. The fraction of sp³-hybridized carbons (Fsp3) is 0.583. The van der Waals surface area contributed by atoms with Gasteiger partial charge >= 0.3 is 0 Å². The van der Waals surface area contributed by atoms with Gasteiger partial charge in [0.15, 0.2) is 11.5 Å². The second-order valence-electron chi connectivity index (χ2n) is 13.9. The summed E-state index contributed by atoms with van der Waals surface area (Å²) in [7, 11) is 0. The largest absolute Gasteiger partial charge is 0.490 e. The summed E-state index contributed by atoms with van der Waals surface area (Å²) in [5.74, 6) is 2.66. The number of piperidine rings is 1. The lowest BCUT2D eigenvalue weighted by atomic mass is 9.48. The normalized spacial score (nSPS) is 31.2. The fourth-order valence-corrected chi connectivity index (χ4v) is 8.85. The molecule has 2 unspecified atom stereocenters. The zero-order chi connectivity index (χ0) is 29.2. The number of ether oxygens (including phenoxy) is 2. The van der Waals surface area contributed by atoms with Crippen molar-refractivity contribution in [1.82, 2.24) is 9.80 Å². The second-order valence-corrected chi connectivity index (χ2v) is 13.9. The number of amides is 1. The number of benzene rings is 2. The second kappa shape index (κ2) is 10.4. The van der Waals surface area contributed by atoms with Gasteiger partial charge in [-0.15, -0.1) is 0 Å². The van der Waals surface area contributed by atoms with Gasteiger partial charge in [0.1, 0.15) is 6.10 Å². The van der Waals surface area contributed by atoms with Crippen molar-refractivity contribution in [2.24, 2.45) is 11.8 Å². The quantitative estimate of drug-likeness (QED) is 0.402. The predicted molar refractivity (Wildman–Crippen MR) is 165 cm³/mol. The van der Waals surface area contributed by atoms with Crippen LogP contribution in [0.15, 0.2) is 42.5 Å². The standard InChI is InChI=1S/C36H46N2O4/c1-5-41-29-13-12-27-20-30-36(40)16-15-28(38(21-23(2)3)31(39)14-11-25-8-6-7-24(4)19-25)34-35(36,32(27)33(29)42-34)17-18-37(30)22-26-9-10-26/h6-8,11-14,19,23,26,28,30,34,40H,5,9-10,15-18,20-22H2,1-4H3/b14-11+/t28?,30-,34?,35+,36-/m1/s1. The Morgan fingerprint density at radius 1 is 1.21 bits per heavy atom. The van der Waals surface area contributed by atoms with Crippen LogP contribution in [0.2, 0.25) is 0 Å². The monoisotopic (exact) mass is 570 g/mol. The van der Waals surface area contributed by atoms with Gasteiger partial charge < -0.3 is 19.5 Å². The molecular formula is C36H46N2O4. The summed E-state index contributed by atoms with van der Waals surface area (Å²) in [6.45, 7) is 11.7. The molecule has 0 radical (unpaired) electrons. The molecule has 1 amide bonds. The molecule has 1 saturated heterocycles. The SMILES string of the molecule is CCOc1ccc2c3c1OC1C(N(CC(C)C)C(=O)/C=C/c4cccc(C)c4)CC[C@@]4(O)[C@@H](C2)N(CC2CC2)CC[C@]314. The van der Waals surface area contributed by atoms with Crippen molar-refractivity contribution in [2.75, 3.05) is 26.2 Å². The van der Waals surface area contributed by atoms with Crippen molar-refractivity contribution < 1.29 is 19.4 Å². The van der Waals surface area contributed by atoms with E-state index in [2.05, 4.69) is 54.8 Å². The molecule has 3 fully saturated rings. The van der Waals surface area contributed by atoms with Crippen LogP contribution in [0.4, 0.5) is 0 Å².